The molecule has 0 spiro atoms. The van der Waals surface area contributed by atoms with Crippen molar-refractivity contribution < 1.29 is 19.8 Å². The summed E-state index contributed by atoms with van der Waals surface area (Å²) in [6.07, 6.45) is 7.18. The molecule has 0 aliphatic heterocycles. The van der Waals surface area contributed by atoms with Crippen LogP contribution in [0.2, 0.25) is 0 Å². The smallest absolute Gasteiger partial charge is 0.326 e. The van der Waals surface area contributed by atoms with Crippen molar-refractivity contribution in [3.05, 3.63) is 24.5 Å². The Morgan fingerprint density at radius 3 is 2.67 bits per heavy atom. The number of allylic oxidation sites excluding steroid dienone is 2. The van der Waals surface area contributed by atoms with Gasteiger partial charge in [-0.15, -0.1) is 0 Å². The lowest BCUT2D eigenvalue weighted by Gasteiger charge is -2.31. The fourth-order valence-electron chi connectivity index (χ4n) is 2.49. The fraction of sp³-hybridized carbons (Fsp3) is 0.625. The molecule has 0 aromatic heterocycles. The van der Waals surface area contributed by atoms with Crippen molar-refractivity contribution in [2.75, 3.05) is 0 Å². The van der Waals surface area contributed by atoms with Gasteiger partial charge in [0.2, 0.25) is 5.91 Å². The number of amides is 1. The summed E-state index contributed by atoms with van der Waals surface area (Å²) in [5.41, 5.74) is -0.580. The minimum absolute atomic E-state index is 0.173. The van der Waals surface area contributed by atoms with Gasteiger partial charge in [-0.2, -0.15) is 0 Å². The average Bonchev–Trinajstić information content (AvgIpc) is 2.38. The Morgan fingerprint density at radius 2 is 2.10 bits per heavy atom. The summed E-state index contributed by atoms with van der Waals surface area (Å²) >= 11 is 0. The van der Waals surface area contributed by atoms with Crippen LogP contribution in [0.15, 0.2) is 24.5 Å². The van der Waals surface area contributed by atoms with E-state index in [0.29, 0.717) is 12.3 Å². The molecule has 1 aliphatic rings. The van der Waals surface area contributed by atoms with E-state index in [1.165, 1.54) is 0 Å². The van der Waals surface area contributed by atoms with Gasteiger partial charge in [-0.25, -0.2) is 4.79 Å². The van der Waals surface area contributed by atoms with E-state index in [-0.39, 0.29) is 18.1 Å². The molecule has 0 radical (unpaired) electrons. The number of aliphatic hydroxyl groups excluding tert-OH is 1. The topological polar surface area (TPSA) is 86.6 Å². The maximum atomic E-state index is 12.5. The molecule has 1 aliphatic carbocycles. The van der Waals surface area contributed by atoms with Crippen molar-refractivity contribution >= 4 is 11.9 Å². The zero-order valence-electron chi connectivity index (χ0n) is 12.8. The Balaban J connectivity index is 2.77. The van der Waals surface area contributed by atoms with Gasteiger partial charge in [0.05, 0.1) is 5.76 Å². The maximum absolute atomic E-state index is 12.5. The zero-order valence-corrected chi connectivity index (χ0v) is 12.8. The third-order valence-electron chi connectivity index (χ3n) is 4.07. The monoisotopic (exact) mass is 295 g/mol. The van der Waals surface area contributed by atoms with Crippen LogP contribution in [0.5, 0.6) is 0 Å². The molecule has 3 atom stereocenters. The van der Waals surface area contributed by atoms with Gasteiger partial charge in [0.1, 0.15) is 6.04 Å². The fourth-order valence-corrected chi connectivity index (χ4v) is 2.49. The lowest BCUT2D eigenvalue weighted by molar-refractivity contribution is -0.144. The van der Waals surface area contributed by atoms with Gasteiger partial charge < -0.3 is 15.5 Å². The Morgan fingerprint density at radius 1 is 1.43 bits per heavy atom. The predicted octanol–water partition coefficient (Wildman–Crippen LogP) is 2.79. The summed E-state index contributed by atoms with van der Waals surface area (Å²) in [5.74, 6) is -1.26. The van der Waals surface area contributed by atoms with Crippen LogP contribution in [0.1, 0.15) is 46.0 Å². The van der Waals surface area contributed by atoms with Crippen LogP contribution in [-0.2, 0) is 9.59 Å². The van der Waals surface area contributed by atoms with E-state index >= 15 is 0 Å². The van der Waals surface area contributed by atoms with Gasteiger partial charge in [-0.3, -0.25) is 4.79 Å². The number of carbonyl (C=O) groups excluding carboxylic acids is 1. The third-order valence-corrected chi connectivity index (χ3v) is 4.07. The first-order chi connectivity index (χ1) is 9.74. The number of nitrogens with one attached hydrogen (secondary N) is 1. The summed E-state index contributed by atoms with van der Waals surface area (Å²) in [5, 5.41) is 20.8. The molecule has 3 unspecified atom stereocenters. The number of aliphatic hydroxyl groups is 1. The van der Waals surface area contributed by atoms with Crippen LogP contribution in [0.25, 0.3) is 0 Å². The summed E-state index contributed by atoms with van der Waals surface area (Å²) in [6, 6.07) is -1.13. The van der Waals surface area contributed by atoms with Crippen molar-refractivity contribution in [3.63, 3.8) is 0 Å². The van der Waals surface area contributed by atoms with E-state index in [9.17, 15) is 9.59 Å². The molecular weight excluding hydrogens is 270 g/mol. The number of rotatable bonds is 5. The number of aliphatic carboxylic acids is 1. The van der Waals surface area contributed by atoms with Crippen LogP contribution < -0.4 is 5.32 Å². The lowest BCUT2D eigenvalue weighted by Crippen LogP contribution is -2.48. The summed E-state index contributed by atoms with van der Waals surface area (Å²) in [6.45, 7) is 7.27. The van der Waals surface area contributed by atoms with Gasteiger partial charge >= 0.3 is 5.97 Å². The van der Waals surface area contributed by atoms with Gasteiger partial charge in [0.15, 0.2) is 0 Å². The zero-order chi connectivity index (χ0) is 16.0. The molecule has 0 heterocycles. The van der Waals surface area contributed by atoms with Crippen molar-refractivity contribution in [3.8, 4) is 0 Å². The molecule has 1 rings (SSSR count). The second-order valence-electron chi connectivity index (χ2n) is 6.18. The SMILES string of the molecule is C=C(O)CC(NC(=O)C1(C)CC/C=C/C(C)CC1)C(=O)O. The third kappa shape index (κ3) is 5.25. The van der Waals surface area contributed by atoms with Gasteiger partial charge in [-0.1, -0.05) is 32.6 Å². The number of hydrogen-bond acceptors (Lipinski definition) is 3. The van der Waals surface area contributed by atoms with Gasteiger partial charge in [-0.05, 0) is 31.6 Å². The van der Waals surface area contributed by atoms with E-state index in [0.717, 1.165) is 19.3 Å². The summed E-state index contributed by atoms with van der Waals surface area (Å²) in [4.78, 5) is 23.6. The molecule has 0 saturated carbocycles. The van der Waals surface area contributed by atoms with Gasteiger partial charge in [0.25, 0.3) is 0 Å². The second kappa shape index (κ2) is 7.29. The molecule has 21 heavy (non-hydrogen) atoms. The van der Waals surface area contributed by atoms with E-state index < -0.39 is 17.4 Å². The lowest BCUT2D eigenvalue weighted by atomic mass is 9.76. The van der Waals surface area contributed by atoms with Crippen LogP contribution in [-0.4, -0.2) is 28.1 Å². The van der Waals surface area contributed by atoms with Crippen LogP contribution in [0.4, 0.5) is 0 Å². The first kappa shape index (κ1) is 17.3. The molecule has 0 bridgehead atoms. The minimum atomic E-state index is -1.17. The number of carboxylic acid groups (broad SMARTS) is 1. The Hall–Kier alpha value is -1.78. The van der Waals surface area contributed by atoms with Crippen molar-refractivity contribution in [1.29, 1.82) is 0 Å². The van der Waals surface area contributed by atoms with E-state index in [4.69, 9.17) is 10.2 Å². The summed E-state index contributed by atoms with van der Waals surface area (Å²) in [7, 11) is 0. The molecule has 0 fully saturated rings. The molecule has 0 aromatic rings. The highest BCUT2D eigenvalue weighted by molar-refractivity contribution is 5.87. The molecule has 0 aromatic carbocycles. The number of carboxylic acids is 1. The quantitative estimate of drug-likeness (QED) is 0.537. The molecule has 118 valence electrons. The molecule has 0 saturated heterocycles. The first-order valence-corrected chi connectivity index (χ1v) is 7.32. The highest BCUT2D eigenvalue weighted by Gasteiger charge is 2.35. The molecule has 3 N–H and O–H groups in total. The van der Waals surface area contributed by atoms with Crippen molar-refractivity contribution in [2.45, 2.75) is 52.0 Å². The largest absolute Gasteiger partial charge is 0.513 e. The van der Waals surface area contributed by atoms with Gasteiger partial charge in [0, 0.05) is 11.8 Å². The maximum Gasteiger partial charge on any atom is 0.326 e. The van der Waals surface area contributed by atoms with Crippen LogP contribution >= 0.6 is 0 Å². The predicted molar refractivity (Wildman–Crippen MR) is 80.8 cm³/mol. The molecule has 1 amide bonds. The van der Waals surface area contributed by atoms with Crippen LogP contribution in [0, 0.1) is 11.3 Å². The van der Waals surface area contributed by atoms with Crippen LogP contribution in [0.3, 0.4) is 0 Å². The Labute approximate surface area is 125 Å². The standard InChI is InChI=1S/C16H25NO4/c1-11-6-4-5-8-16(3,9-7-11)15(21)17-13(14(19)20)10-12(2)18/h4,6,11,13,18H,2,5,7-10H2,1,3H3,(H,17,21)(H,19,20)/b6-4+. The molecular formula is C16H25NO4. The minimum Gasteiger partial charge on any atom is -0.513 e. The van der Waals surface area contributed by atoms with E-state index in [1.54, 1.807) is 0 Å². The highest BCUT2D eigenvalue weighted by atomic mass is 16.4. The average molecular weight is 295 g/mol. The highest BCUT2D eigenvalue weighted by Crippen LogP contribution is 2.33. The normalized spacial score (nSPS) is 28.8. The summed E-state index contributed by atoms with van der Waals surface area (Å²) < 4.78 is 0. The Kier molecular flexibility index (Phi) is 6.00. The van der Waals surface area contributed by atoms with Crippen molar-refractivity contribution in [2.24, 2.45) is 11.3 Å². The Bertz CT molecular complexity index is 444. The first-order valence-electron chi connectivity index (χ1n) is 7.32. The van der Waals surface area contributed by atoms with E-state index in [1.807, 2.05) is 6.92 Å². The van der Waals surface area contributed by atoms with E-state index in [2.05, 4.69) is 31.0 Å². The number of hydrogen-bond donors (Lipinski definition) is 3. The van der Waals surface area contributed by atoms with Crippen molar-refractivity contribution in [1.82, 2.24) is 5.32 Å². The number of carbonyl (C=O) groups is 2. The molecule has 5 heteroatoms. The molecule has 5 nitrogen and oxygen atoms in total. The second-order valence-corrected chi connectivity index (χ2v) is 6.18.